The molecule has 22 heavy (non-hydrogen) atoms. The van der Waals surface area contributed by atoms with Gasteiger partial charge in [-0.2, -0.15) is 0 Å². The van der Waals surface area contributed by atoms with Crippen LogP contribution in [0.3, 0.4) is 0 Å². The Morgan fingerprint density at radius 2 is 1.91 bits per heavy atom. The van der Waals surface area contributed by atoms with Gasteiger partial charge in [0.25, 0.3) is 0 Å². The van der Waals surface area contributed by atoms with Crippen LogP contribution < -0.4 is 10.5 Å². The molecular formula is C14H13BrN2O3S2. The average molecular weight is 401 g/mol. The molecule has 116 valence electrons. The van der Waals surface area contributed by atoms with E-state index in [9.17, 15) is 13.2 Å². The Kier molecular flexibility index (Phi) is 5.52. The highest BCUT2D eigenvalue weighted by Gasteiger charge is 2.05. The summed E-state index contributed by atoms with van der Waals surface area (Å²) < 4.78 is 23.0. The zero-order valence-electron chi connectivity index (χ0n) is 11.3. The van der Waals surface area contributed by atoms with Gasteiger partial charge in [0.05, 0.1) is 9.54 Å². The van der Waals surface area contributed by atoms with Gasteiger partial charge < -0.3 is 5.32 Å². The molecule has 5 nitrogen and oxygen atoms in total. The average Bonchev–Trinajstić information content (AvgIpc) is 2.83. The van der Waals surface area contributed by atoms with Gasteiger partial charge in [0.15, 0.2) is 0 Å². The quantitative estimate of drug-likeness (QED) is 0.755. The Morgan fingerprint density at radius 1 is 1.23 bits per heavy atom. The highest BCUT2D eigenvalue weighted by molar-refractivity contribution is 9.11. The normalized spacial score (nSPS) is 11.7. The van der Waals surface area contributed by atoms with E-state index in [-0.39, 0.29) is 11.7 Å². The fraction of sp³-hybridized carbons (Fsp3) is 0.0714. The molecule has 0 spiro atoms. The highest BCUT2D eigenvalue weighted by Crippen LogP contribution is 2.23. The third-order valence-electron chi connectivity index (χ3n) is 2.58. The molecule has 0 atom stereocenters. The summed E-state index contributed by atoms with van der Waals surface area (Å²) in [6.07, 6.45) is 3.16. The fourth-order valence-corrected chi connectivity index (χ4v) is 3.66. The molecule has 0 aliphatic carbocycles. The second-order valence-electron chi connectivity index (χ2n) is 4.47. The second-order valence-corrected chi connectivity index (χ2v) is 8.58. The molecule has 0 saturated carbocycles. The Balaban J connectivity index is 1.95. The number of sulfonamides is 1. The first-order valence-corrected chi connectivity index (χ1v) is 9.48. The molecule has 0 saturated heterocycles. The SMILES string of the molecule is NS(=O)(=O)Cc1ccc(NC(=O)/C=C/c2ccc(Br)s2)cc1. The third-order valence-corrected chi connectivity index (χ3v) is 4.91. The number of primary sulfonamides is 1. The van der Waals surface area contributed by atoms with Crippen molar-refractivity contribution in [2.45, 2.75) is 5.75 Å². The lowest BCUT2D eigenvalue weighted by Gasteiger charge is -2.04. The van der Waals surface area contributed by atoms with E-state index in [1.54, 1.807) is 30.3 Å². The van der Waals surface area contributed by atoms with Crippen molar-refractivity contribution in [2.75, 3.05) is 5.32 Å². The first-order chi connectivity index (χ1) is 10.3. The standard InChI is InChI=1S/C14H13BrN2O3S2/c15-13-7-5-12(21-13)6-8-14(18)17-11-3-1-10(2-4-11)9-22(16,19)20/h1-8H,9H2,(H,17,18)(H2,16,19,20)/b8-6+. The van der Waals surface area contributed by atoms with Crippen molar-refractivity contribution in [1.82, 2.24) is 0 Å². The molecule has 0 radical (unpaired) electrons. The first-order valence-electron chi connectivity index (χ1n) is 6.16. The number of nitrogens with two attached hydrogens (primary N) is 1. The summed E-state index contributed by atoms with van der Waals surface area (Å²) in [6, 6.07) is 10.3. The lowest BCUT2D eigenvalue weighted by molar-refractivity contribution is -0.111. The van der Waals surface area contributed by atoms with Gasteiger partial charge in [-0.25, -0.2) is 13.6 Å². The highest BCUT2D eigenvalue weighted by atomic mass is 79.9. The van der Waals surface area contributed by atoms with Crippen LogP contribution in [-0.4, -0.2) is 14.3 Å². The van der Waals surface area contributed by atoms with Crippen LogP contribution in [0.4, 0.5) is 5.69 Å². The van der Waals surface area contributed by atoms with Crippen LogP contribution in [0.1, 0.15) is 10.4 Å². The maximum atomic E-state index is 11.8. The van der Waals surface area contributed by atoms with Crippen LogP contribution in [0.25, 0.3) is 6.08 Å². The van der Waals surface area contributed by atoms with Crippen LogP contribution in [0.2, 0.25) is 0 Å². The van der Waals surface area contributed by atoms with Crippen molar-refractivity contribution in [1.29, 1.82) is 0 Å². The van der Waals surface area contributed by atoms with E-state index in [2.05, 4.69) is 21.2 Å². The van der Waals surface area contributed by atoms with Gasteiger partial charge in [0.2, 0.25) is 15.9 Å². The van der Waals surface area contributed by atoms with E-state index in [0.29, 0.717) is 11.3 Å². The summed E-state index contributed by atoms with van der Waals surface area (Å²) in [6.45, 7) is 0. The molecule has 1 aromatic carbocycles. The molecule has 1 heterocycles. The third kappa shape index (κ3) is 5.72. The van der Waals surface area contributed by atoms with E-state index in [0.717, 1.165) is 8.66 Å². The summed E-state index contributed by atoms with van der Waals surface area (Å²) in [5.41, 5.74) is 1.15. The number of nitrogens with one attached hydrogen (secondary N) is 1. The minimum absolute atomic E-state index is 0.228. The zero-order chi connectivity index (χ0) is 16.2. The summed E-state index contributed by atoms with van der Waals surface area (Å²) in [7, 11) is -3.55. The number of carbonyl (C=O) groups is 1. The van der Waals surface area contributed by atoms with Gasteiger partial charge in [0, 0.05) is 16.6 Å². The van der Waals surface area contributed by atoms with Crippen molar-refractivity contribution in [2.24, 2.45) is 5.14 Å². The Bertz CT molecular complexity index is 796. The lowest BCUT2D eigenvalue weighted by atomic mass is 10.2. The van der Waals surface area contributed by atoms with Crippen molar-refractivity contribution in [3.05, 3.63) is 56.7 Å². The Labute approximate surface area is 141 Å². The molecule has 0 fully saturated rings. The summed E-state index contributed by atoms with van der Waals surface area (Å²) in [5, 5.41) is 7.67. The minimum Gasteiger partial charge on any atom is -0.323 e. The van der Waals surface area contributed by atoms with E-state index in [4.69, 9.17) is 5.14 Å². The molecule has 1 amide bonds. The molecule has 0 unspecified atom stereocenters. The van der Waals surface area contributed by atoms with Crippen molar-refractivity contribution >= 4 is 55.0 Å². The number of hydrogen-bond donors (Lipinski definition) is 2. The number of amides is 1. The van der Waals surface area contributed by atoms with Gasteiger partial charge in [-0.1, -0.05) is 12.1 Å². The zero-order valence-corrected chi connectivity index (χ0v) is 14.5. The van der Waals surface area contributed by atoms with Crippen molar-refractivity contribution in [3.63, 3.8) is 0 Å². The maximum Gasteiger partial charge on any atom is 0.248 e. The van der Waals surface area contributed by atoms with Crippen LogP contribution in [-0.2, 0) is 20.6 Å². The van der Waals surface area contributed by atoms with Gasteiger partial charge >= 0.3 is 0 Å². The molecule has 0 bridgehead atoms. The van der Waals surface area contributed by atoms with E-state index < -0.39 is 10.0 Å². The van der Waals surface area contributed by atoms with Crippen LogP contribution in [0.5, 0.6) is 0 Å². The monoisotopic (exact) mass is 400 g/mol. The number of halogens is 1. The molecule has 0 aliphatic rings. The van der Waals surface area contributed by atoms with Gasteiger partial charge in [-0.15, -0.1) is 11.3 Å². The smallest absolute Gasteiger partial charge is 0.248 e. The number of rotatable bonds is 5. The Hall–Kier alpha value is -1.48. The van der Waals surface area contributed by atoms with E-state index in [1.165, 1.54) is 17.4 Å². The number of benzene rings is 1. The summed E-state index contributed by atoms with van der Waals surface area (Å²) in [4.78, 5) is 12.7. The number of hydrogen-bond acceptors (Lipinski definition) is 4. The van der Waals surface area contributed by atoms with Gasteiger partial charge in [-0.05, 0) is 51.8 Å². The Morgan fingerprint density at radius 3 is 2.45 bits per heavy atom. The topological polar surface area (TPSA) is 89.3 Å². The number of anilines is 1. The molecule has 2 rings (SSSR count). The first kappa shape index (κ1) is 16.9. The molecule has 3 N–H and O–H groups in total. The van der Waals surface area contributed by atoms with E-state index >= 15 is 0 Å². The predicted molar refractivity (Wildman–Crippen MR) is 92.9 cm³/mol. The predicted octanol–water partition coefficient (Wildman–Crippen LogP) is 2.95. The molecule has 0 aliphatic heterocycles. The van der Waals surface area contributed by atoms with Gasteiger partial charge in [0.1, 0.15) is 0 Å². The van der Waals surface area contributed by atoms with Crippen molar-refractivity contribution < 1.29 is 13.2 Å². The maximum absolute atomic E-state index is 11.8. The molecule has 2 aromatic rings. The van der Waals surface area contributed by atoms with Crippen LogP contribution in [0.15, 0.2) is 46.3 Å². The van der Waals surface area contributed by atoms with Crippen LogP contribution in [0, 0.1) is 0 Å². The van der Waals surface area contributed by atoms with Crippen molar-refractivity contribution in [3.8, 4) is 0 Å². The molecule has 8 heteroatoms. The van der Waals surface area contributed by atoms with Gasteiger partial charge in [-0.3, -0.25) is 4.79 Å². The molecule has 1 aromatic heterocycles. The number of carbonyl (C=O) groups excluding carboxylic acids is 1. The molecular weight excluding hydrogens is 388 g/mol. The second kappa shape index (κ2) is 7.19. The summed E-state index contributed by atoms with van der Waals surface area (Å²) in [5.74, 6) is -0.488. The number of thiophene rings is 1. The summed E-state index contributed by atoms with van der Waals surface area (Å²) >= 11 is 4.88. The minimum atomic E-state index is -3.55. The van der Waals surface area contributed by atoms with Crippen LogP contribution >= 0.6 is 27.3 Å². The lowest BCUT2D eigenvalue weighted by Crippen LogP contribution is -2.14. The largest absolute Gasteiger partial charge is 0.323 e. The fourth-order valence-electron chi connectivity index (χ4n) is 1.68. The van der Waals surface area contributed by atoms with E-state index in [1.807, 2.05) is 12.1 Å².